The summed E-state index contributed by atoms with van der Waals surface area (Å²) in [4.78, 5) is 4.60. The van der Waals surface area contributed by atoms with E-state index in [9.17, 15) is 0 Å². The Hall–Kier alpha value is -4.04. The number of nitrogens with zero attached hydrogens (tertiary/aromatic N) is 2. The summed E-state index contributed by atoms with van der Waals surface area (Å²) < 4.78 is 2.22. The molecule has 2 atom stereocenters. The molecule has 1 aromatic heterocycles. The van der Waals surface area contributed by atoms with E-state index in [2.05, 4.69) is 156 Å². The van der Waals surface area contributed by atoms with Crippen molar-refractivity contribution >= 4 is 0 Å². The van der Waals surface area contributed by atoms with Gasteiger partial charge in [-0.1, -0.05) is 120 Å². The second-order valence-corrected chi connectivity index (χ2v) is 15.2. The van der Waals surface area contributed by atoms with Crippen molar-refractivity contribution < 1.29 is 20.1 Å². The first-order chi connectivity index (χ1) is 23.7. The summed E-state index contributed by atoms with van der Waals surface area (Å²) >= 11 is 0. The van der Waals surface area contributed by atoms with Crippen LogP contribution in [-0.2, 0) is 31.9 Å². The zero-order valence-corrected chi connectivity index (χ0v) is 32.5. The van der Waals surface area contributed by atoms with Crippen molar-refractivity contribution in [3.8, 4) is 28.2 Å². The third-order valence-electron chi connectivity index (χ3n) is 11.1. The van der Waals surface area contributed by atoms with Crippen LogP contribution in [0, 0.1) is 18.6 Å². The molecule has 0 saturated carbocycles. The Kier molecular flexibility index (Phi) is 9.12. The van der Waals surface area contributed by atoms with Gasteiger partial charge in [-0.25, -0.2) is 0 Å². The van der Waals surface area contributed by atoms with Crippen LogP contribution in [0.1, 0.15) is 122 Å². The SMILES string of the molecule is CC(C)c1cccc(C(C)C)c1-n1ccnc1-c1[c-]cccc1.CC1[CH-]C2c3[c-]ccc4c3-c3c(cccc3C(C)(C)c3cccc1c32)C4.[Ir+3]. The molecule has 0 bridgehead atoms. The summed E-state index contributed by atoms with van der Waals surface area (Å²) in [6.07, 6.45) is 7.53. The Morgan fingerprint density at radius 2 is 1.48 bits per heavy atom. The van der Waals surface area contributed by atoms with Crippen molar-refractivity contribution in [3.05, 3.63) is 172 Å². The molecule has 50 heavy (non-hydrogen) atoms. The van der Waals surface area contributed by atoms with E-state index in [0.29, 0.717) is 23.7 Å². The van der Waals surface area contributed by atoms with Gasteiger partial charge in [-0.05, 0) is 46.1 Å². The van der Waals surface area contributed by atoms with Gasteiger partial charge in [-0.3, -0.25) is 4.98 Å². The van der Waals surface area contributed by atoms with E-state index in [1.807, 2.05) is 24.4 Å². The zero-order valence-electron chi connectivity index (χ0n) is 30.1. The van der Waals surface area contributed by atoms with E-state index in [1.54, 1.807) is 0 Å². The Bertz CT molecular complexity index is 2160. The van der Waals surface area contributed by atoms with Crippen LogP contribution in [0.4, 0.5) is 0 Å². The molecule has 0 radical (unpaired) electrons. The third-order valence-corrected chi connectivity index (χ3v) is 11.1. The third kappa shape index (κ3) is 5.45. The number of aromatic nitrogens is 2. The number of imidazole rings is 1. The van der Waals surface area contributed by atoms with E-state index in [4.69, 9.17) is 0 Å². The molecule has 2 nitrogen and oxygen atoms in total. The summed E-state index contributed by atoms with van der Waals surface area (Å²) in [6.45, 7) is 16.1. The van der Waals surface area contributed by atoms with Gasteiger partial charge in [0.25, 0.3) is 0 Å². The van der Waals surface area contributed by atoms with E-state index < -0.39 is 0 Å². The van der Waals surface area contributed by atoms with Crippen molar-refractivity contribution in [2.45, 2.75) is 84.0 Å². The van der Waals surface area contributed by atoms with Crippen molar-refractivity contribution in [1.29, 1.82) is 0 Å². The van der Waals surface area contributed by atoms with Crippen LogP contribution < -0.4 is 0 Å². The number of hydrogen-bond acceptors (Lipinski definition) is 1. The molecular weight excluding hydrogens is 785 g/mol. The van der Waals surface area contributed by atoms with Crippen LogP contribution in [0.2, 0.25) is 0 Å². The first-order valence-corrected chi connectivity index (χ1v) is 17.9. The monoisotopic (exact) mass is 830 g/mol. The van der Waals surface area contributed by atoms with Gasteiger partial charge in [0.2, 0.25) is 0 Å². The van der Waals surface area contributed by atoms with E-state index in [1.165, 1.54) is 66.9 Å². The van der Waals surface area contributed by atoms with Crippen LogP contribution in [0.5, 0.6) is 0 Å². The van der Waals surface area contributed by atoms with Gasteiger partial charge in [0.05, 0.1) is 5.82 Å². The number of para-hydroxylation sites is 1. The number of rotatable bonds is 4. The van der Waals surface area contributed by atoms with Crippen LogP contribution >= 0.6 is 0 Å². The molecule has 3 heteroatoms. The van der Waals surface area contributed by atoms with Crippen molar-refractivity contribution in [2.24, 2.45) is 0 Å². The molecule has 3 aliphatic carbocycles. The minimum absolute atomic E-state index is 0. The normalized spacial score (nSPS) is 17.3. The molecule has 0 amide bonds. The predicted molar refractivity (Wildman–Crippen MR) is 203 cm³/mol. The molecular formula is C47H45IrN2. The Morgan fingerprint density at radius 3 is 2.20 bits per heavy atom. The number of fused-ring (bicyclic) bond motifs is 1. The second kappa shape index (κ2) is 13.3. The smallest absolute Gasteiger partial charge is 0.340 e. The molecule has 2 unspecified atom stereocenters. The Labute approximate surface area is 312 Å². The molecule has 3 aliphatic rings. The first kappa shape index (κ1) is 34.4. The molecule has 252 valence electrons. The molecule has 0 saturated heterocycles. The van der Waals surface area contributed by atoms with Gasteiger partial charge in [0.15, 0.2) is 0 Å². The standard InChI is InChI=1S/C26H22.C21H23N2.Ir/c1-15-13-20-19-10-4-7-16-14-17-8-5-11-21(24(17)23(16)19)26(2,3)22-12-6-9-18(15)25(20)22;1-15(2)18-11-8-12-19(16(3)4)20(18)23-14-13-22-21(23)17-9-6-5-7-10-17;/h4-9,11-13,15,20H,14H2,1-3H3;5-9,11-16H,1-4H3;/q-2;-1;+3. The fraction of sp³-hybridized carbons (Fsp3) is 0.277. The Balaban J connectivity index is 0.000000155. The largest absolute Gasteiger partial charge is 3.00 e. The van der Waals surface area contributed by atoms with Gasteiger partial charge < -0.3 is 11.0 Å². The van der Waals surface area contributed by atoms with Crippen LogP contribution in [-0.4, -0.2) is 9.55 Å². The molecule has 1 heterocycles. The fourth-order valence-corrected chi connectivity index (χ4v) is 8.77. The zero-order chi connectivity index (χ0) is 34.0. The van der Waals surface area contributed by atoms with Gasteiger partial charge in [0, 0.05) is 23.5 Å². The summed E-state index contributed by atoms with van der Waals surface area (Å²) in [5, 5.41) is 0. The molecule has 0 fully saturated rings. The molecule has 0 N–H and O–H groups in total. The molecule has 0 spiro atoms. The quantitative estimate of drug-likeness (QED) is 0.162. The maximum atomic E-state index is 4.60. The second-order valence-electron chi connectivity index (χ2n) is 15.2. The first-order valence-electron chi connectivity index (χ1n) is 17.9. The van der Waals surface area contributed by atoms with Gasteiger partial charge in [-0.15, -0.1) is 58.9 Å². The predicted octanol–water partition coefficient (Wildman–Crippen LogP) is 11.7. The van der Waals surface area contributed by atoms with Crippen molar-refractivity contribution in [1.82, 2.24) is 9.55 Å². The van der Waals surface area contributed by atoms with Crippen LogP contribution in [0.25, 0.3) is 28.2 Å². The van der Waals surface area contributed by atoms with Crippen LogP contribution in [0.15, 0.2) is 103 Å². The maximum absolute atomic E-state index is 4.60. The summed E-state index contributed by atoms with van der Waals surface area (Å²) in [5.41, 5.74) is 18.3. The maximum Gasteiger partial charge on any atom is 3.00 e. The molecule has 9 rings (SSSR count). The number of hydrogen-bond donors (Lipinski definition) is 0. The average Bonchev–Trinajstić information content (AvgIpc) is 3.83. The Morgan fingerprint density at radius 1 is 0.780 bits per heavy atom. The topological polar surface area (TPSA) is 17.8 Å². The van der Waals surface area contributed by atoms with Gasteiger partial charge in [-0.2, -0.15) is 23.8 Å². The number of benzene rings is 5. The van der Waals surface area contributed by atoms with Gasteiger partial charge >= 0.3 is 20.1 Å². The molecule has 0 aliphatic heterocycles. The van der Waals surface area contributed by atoms with E-state index in [0.717, 1.165) is 17.8 Å². The minimum atomic E-state index is 0. The van der Waals surface area contributed by atoms with E-state index in [-0.39, 0.29) is 25.5 Å². The summed E-state index contributed by atoms with van der Waals surface area (Å²) in [5.74, 6) is 2.72. The fourth-order valence-electron chi connectivity index (χ4n) is 8.77. The van der Waals surface area contributed by atoms with Crippen molar-refractivity contribution in [2.75, 3.05) is 0 Å². The summed E-state index contributed by atoms with van der Waals surface area (Å²) in [6, 6.07) is 39.9. The molecule has 5 aromatic carbocycles. The minimum Gasteiger partial charge on any atom is -0.340 e. The van der Waals surface area contributed by atoms with E-state index >= 15 is 0 Å². The summed E-state index contributed by atoms with van der Waals surface area (Å²) in [7, 11) is 0. The van der Waals surface area contributed by atoms with Crippen LogP contribution in [0.3, 0.4) is 0 Å². The molecule has 6 aromatic rings. The van der Waals surface area contributed by atoms with Gasteiger partial charge in [0.1, 0.15) is 0 Å². The average molecular weight is 830 g/mol. The van der Waals surface area contributed by atoms with Crippen molar-refractivity contribution in [3.63, 3.8) is 0 Å².